The Morgan fingerprint density at radius 3 is 2.73 bits per heavy atom. The minimum atomic E-state index is 0. The van der Waals surface area contributed by atoms with E-state index in [1.54, 1.807) is 7.05 Å². The summed E-state index contributed by atoms with van der Waals surface area (Å²) in [5.74, 6) is 2.97. The molecular formula is C15H24IN5S. The number of aromatic nitrogens is 2. The predicted octanol–water partition coefficient (Wildman–Crippen LogP) is 2.49. The van der Waals surface area contributed by atoms with E-state index in [2.05, 4.69) is 49.6 Å². The Labute approximate surface area is 153 Å². The predicted molar refractivity (Wildman–Crippen MR) is 108 cm³/mol. The van der Waals surface area contributed by atoms with Gasteiger partial charge in [0.1, 0.15) is 5.82 Å². The van der Waals surface area contributed by atoms with Gasteiger partial charge in [0.05, 0.1) is 11.0 Å². The van der Waals surface area contributed by atoms with Gasteiger partial charge < -0.3 is 15.2 Å². The molecule has 0 fully saturated rings. The van der Waals surface area contributed by atoms with Crippen LogP contribution in [0.1, 0.15) is 5.82 Å². The highest BCUT2D eigenvalue weighted by atomic mass is 127. The summed E-state index contributed by atoms with van der Waals surface area (Å²) in [4.78, 5) is 8.80. The summed E-state index contributed by atoms with van der Waals surface area (Å²) in [5.41, 5.74) is 2.24. The smallest absolute Gasteiger partial charge is 0.191 e. The van der Waals surface area contributed by atoms with Crippen LogP contribution in [0.4, 0.5) is 0 Å². The highest BCUT2D eigenvalue weighted by molar-refractivity contribution is 14.0. The molecule has 0 bridgehead atoms. The van der Waals surface area contributed by atoms with Crippen LogP contribution in [0.5, 0.6) is 0 Å². The number of imidazole rings is 1. The van der Waals surface area contributed by atoms with Crippen molar-refractivity contribution in [3.05, 3.63) is 30.1 Å². The molecule has 0 aliphatic carbocycles. The van der Waals surface area contributed by atoms with Crippen molar-refractivity contribution in [1.82, 2.24) is 20.2 Å². The molecule has 2 rings (SSSR count). The number of hydrogen-bond donors (Lipinski definition) is 2. The molecule has 0 aliphatic heterocycles. The minimum Gasteiger partial charge on any atom is -0.356 e. The third kappa shape index (κ3) is 5.05. The van der Waals surface area contributed by atoms with Crippen molar-refractivity contribution in [2.75, 3.05) is 32.1 Å². The lowest BCUT2D eigenvalue weighted by atomic mass is 10.3. The summed E-state index contributed by atoms with van der Waals surface area (Å²) in [7, 11) is 1.80. The van der Waals surface area contributed by atoms with Gasteiger partial charge in [-0.25, -0.2) is 4.98 Å². The zero-order chi connectivity index (χ0) is 15.1. The summed E-state index contributed by atoms with van der Waals surface area (Å²) in [5, 5.41) is 6.63. The molecule has 0 aliphatic rings. The van der Waals surface area contributed by atoms with E-state index in [9.17, 15) is 0 Å². The molecular weight excluding hydrogens is 409 g/mol. The third-order valence-corrected chi connectivity index (χ3v) is 3.91. The topological polar surface area (TPSA) is 54.2 Å². The molecule has 0 spiro atoms. The molecule has 2 N–H and O–H groups in total. The number of halogens is 1. The Kier molecular flexibility index (Phi) is 8.62. The third-order valence-electron chi connectivity index (χ3n) is 3.30. The SMILES string of the molecule is CN=C(NCCSC)NCCn1c(C)nc2ccccc21.I. The number of thioether (sulfide) groups is 1. The van der Waals surface area contributed by atoms with E-state index < -0.39 is 0 Å². The molecule has 1 heterocycles. The summed E-state index contributed by atoms with van der Waals surface area (Å²) in [6.07, 6.45) is 2.10. The van der Waals surface area contributed by atoms with Crippen LogP contribution < -0.4 is 10.6 Å². The highest BCUT2D eigenvalue weighted by Crippen LogP contribution is 2.14. The molecule has 22 heavy (non-hydrogen) atoms. The van der Waals surface area contributed by atoms with Crippen molar-refractivity contribution >= 4 is 52.7 Å². The van der Waals surface area contributed by atoms with Gasteiger partial charge in [0.2, 0.25) is 0 Å². The minimum absolute atomic E-state index is 0. The first-order valence-electron chi connectivity index (χ1n) is 7.11. The normalized spacial score (nSPS) is 11.3. The van der Waals surface area contributed by atoms with Crippen LogP contribution in [0.3, 0.4) is 0 Å². The van der Waals surface area contributed by atoms with Crippen molar-refractivity contribution in [1.29, 1.82) is 0 Å². The highest BCUT2D eigenvalue weighted by Gasteiger charge is 2.06. The fourth-order valence-corrected chi connectivity index (χ4v) is 2.56. The molecule has 1 aromatic carbocycles. The largest absolute Gasteiger partial charge is 0.356 e. The number of fused-ring (bicyclic) bond motifs is 1. The van der Waals surface area contributed by atoms with Crippen molar-refractivity contribution < 1.29 is 0 Å². The van der Waals surface area contributed by atoms with Crippen LogP contribution in [-0.4, -0.2) is 47.7 Å². The van der Waals surface area contributed by atoms with Gasteiger partial charge in [-0.1, -0.05) is 12.1 Å². The fraction of sp³-hybridized carbons (Fsp3) is 0.467. The van der Waals surface area contributed by atoms with Gasteiger partial charge in [-0.3, -0.25) is 4.99 Å². The number of rotatable bonds is 6. The second-order valence-electron chi connectivity index (χ2n) is 4.72. The van der Waals surface area contributed by atoms with Crippen LogP contribution in [-0.2, 0) is 6.54 Å². The Hall–Kier alpha value is -0.960. The van der Waals surface area contributed by atoms with E-state index in [1.165, 1.54) is 5.52 Å². The Balaban J connectivity index is 0.00000242. The van der Waals surface area contributed by atoms with Crippen molar-refractivity contribution in [3.8, 4) is 0 Å². The van der Waals surface area contributed by atoms with Gasteiger partial charge >= 0.3 is 0 Å². The van der Waals surface area contributed by atoms with Gasteiger partial charge in [-0.2, -0.15) is 11.8 Å². The summed E-state index contributed by atoms with van der Waals surface area (Å²) >= 11 is 1.82. The lowest BCUT2D eigenvalue weighted by Crippen LogP contribution is -2.39. The first-order chi connectivity index (χ1) is 10.3. The van der Waals surface area contributed by atoms with Crippen LogP contribution in [0.15, 0.2) is 29.3 Å². The fourth-order valence-electron chi connectivity index (χ4n) is 2.26. The first kappa shape index (κ1) is 19.1. The van der Waals surface area contributed by atoms with Gasteiger partial charge in [-0.15, -0.1) is 24.0 Å². The van der Waals surface area contributed by atoms with Crippen molar-refractivity contribution in [3.63, 3.8) is 0 Å². The average molecular weight is 433 g/mol. The molecule has 0 amide bonds. The number of benzene rings is 1. The number of aryl methyl sites for hydroxylation is 1. The standard InChI is InChI=1S/C15H23N5S.HI/c1-12-19-13-6-4-5-7-14(13)20(12)10-8-17-15(16-2)18-9-11-21-3;/h4-7H,8-11H2,1-3H3,(H2,16,17,18);1H. The van der Waals surface area contributed by atoms with E-state index in [-0.39, 0.29) is 24.0 Å². The first-order valence-corrected chi connectivity index (χ1v) is 8.51. The Morgan fingerprint density at radius 1 is 1.27 bits per heavy atom. The molecule has 1 aromatic heterocycles. The molecule has 7 heteroatoms. The number of nitrogens with one attached hydrogen (secondary N) is 2. The zero-order valence-corrected chi connectivity index (χ0v) is 16.4. The zero-order valence-electron chi connectivity index (χ0n) is 13.3. The molecule has 5 nitrogen and oxygen atoms in total. The number of guanidine groups is 1. The van der Waals surface area contributed by atoms with E-state index in [0.29, 0.717) is 0 Å². The molecule has 2 aromatic rings. The van der Waals surface area contributed by atoms with Crippen LogP contribution in [0.25, 0.3) is 11.0 Å². The average Bonchev–Trinajstić information content (AvgIpc) is 2.82. The maximum absolute atomic E-state index is 4.58. The second-order valence-corrected chi connectivity index (χ2v) is 5.70. The monoisotopic (exact) mass is 433 g/mol. The van der Waals surface area contributed by atoms with Gasteiger partial charge in [0, 0.05) is 32.4 Å². The molecule has 0 radical (unpaired) electrons. The van der Waals surface area contributed by atoms with E-state index in [4.69, 9.17) is 0 Å². The number of nitrogens with zero attached hydrogens (tertiary/aromatic N) is 3. The van der Waals surface area contributed by atoms with Crippen molar-refractivity contribution in [2.45, 2.75) is 13.5 Å². The molecule has 0 saturated heterocycles. The molecule has 0 unspecified atom stereocenters. The van der Waals surface area contributed by atoms with Crippen LogP contribution in [0, 0.1) is 6.92 Å². The lowest BCUT2D eigenvalue weighted by Gasteiger charge is -2.12. The van der Waals surface area contributed by atoms with Crippen LogP contribution >= 0.6 is 35.7 Å². The molecule has 0 saturated carbocycles. The summed E-state index contributed by atoms with van der Waals surface area (Å²) in [6, 6.07) is 8.24. The van der Waals surface area contributed by atoms with E-state index in [0.717, 1.165) is 42.7 Å². The Morgan fingerprint density at radius 2 is 2.00 bits per heavy atom. The summed E-state index contributed by atoms with van der Waals surface area (Å²) in [6.45, 7) is 4.66. The van der Waals surface area contributed by atoms with Crippen LogP contribution in [0.2, 0.25) is 0 Å². The summed E-state index contributed by atoms with van der Waals surface area (Å²) < 4.78 is 2.23. The van der Waals surface area contributed by atoms with E-state index in [1.807, 2.05) is 24.8 Å². The quantitative estimate of drug-likeness (QED) is 0.318. The second kappa shape index (κ2) is 9.94. The van der Waals surface area contributed by atoms with Gasteiger partial charge in [-0.05, 0) is 25.3 Å². The van der Waals surface area contributed by atoms with Gasteiger partial charge in [0.15, 0.2) is 5.96 Å². The van der Waals surface area contributed by atoms with E-state index >= 15 is 0 Å². The van der Waals surface area contributed by atoms with Gasteiger partial charge in [0.25, 0.3) is 0 Å². The van der Waals surface area contributed by atoms with Crippen molar-refractivity contribution in [2.24, 2.45) is 4.99 Å². The molecule has 0 atom stereocenters. The molecule has 122 valence electrons. The number of para-hydroxylation sites is 2. The number of aliphatic imine (C=N–C) groups is 1. The number of hydrogen-bond acceptors (Lipinski definition) is 3. The lowest BCUT2D eigenvalue weighted by molar-refractivity contribution is 0.662. The maximum Gasteiger partial charge on any atom is 0.191 e. The maximum atomic E-state index is 4.58. The Bertz CT molecular complexity index is 611.